The number of carbonyl (C=O) groups excluding carboxylic acids is 1. The number of anilines is 1. The lowest BCUT2D eigenvalue weighted by molar-refractivity contribution is 0.149. The number of sulfonamides is 1. The van der Waals surface area contributed by atoms with E-state index in [1.807, 2.05) is 0 Å². The van der Waals surface area contributed by atoms with E-state index in [9.17, 15) is 13.2 Å². The van der Waals surface area contributed by atoms with Crippen molar-refractivity contribution in [2.24, 2.45) is 0 Å². The number of nitrogens with one attached hydrogen (secondary N) is 1. The summed E-state index contributed by atoms with van der Waals surface area (Å²) in [6.07, 6.45) is 1.20. The highest BCUT2D eigenvalue weighted by atomic mass is 32.2. The molecule has 0 saturated carbocycles. The third kappa shape index (κ3) is 2.56. The summed E-state index contributed by atoms with van der Waals surface area (Å²) in [7, 11) is -0.327. The summed E-state index contributed by atoms with van der Waals surface area (Å²) in [4.78, 5) is 14.8. The molecule has 1 aromatic heterocycles. The van der Waals surface area contributed by atoms with E-state index >= 15 is 0 Å². The fourth-order valence-corrected chi connectivity index (χ4v) is 3.46. The van der Waals surface area contributed by atoms with Crippen LogP contribution in [0, 0.1) is 0 Å². The lowest BCUT2D eigenvalue weighted by Crippen LogP contribution is -2.52. The van der Waals surface area contributed by atoms with E-state index in [0.29, 0.717) is 13.1 Å². The monoisotopic (exact) mass is 302 g/mol. The highest BCUT2D eigenvalue weighted by molar-refractivity contribution is 7.89. The Bertz CT molecular complexity index is 588. The largest absolute Gasteiger partial charge is 0.383 e. The Balaban J connectivity index is 2.08. The first-order valence-corrected chi connectivity index (χ1v) is 7.53. The van der Waals surface area contributed by atoms with E-state index in [1.54, 1.807) is 19.0 Å². The first-order valence-electron chi connectivity index (χ1n) is 6.09. The molecular weight excluding hydrogens is 284 g/mol. The van der Waals surface area contributed by atoms with Crippen LogP contribution in [0.2, 0.25) is 0 Å². The van der Waals surface area contributed by atoms with Crippen LogP contribution in [-0.2, 0) is 10.0 Å². The molecule has 1 aliphatic rings. The normalized spacial score (nSPS) is 17.2. The fraction of sp³-hybridized carbons (Fsp3) is 0.600. The van der Waals surface area contributed by atoms with Gasteiger partial charge in [0.2, 0.25) is 10.0 Å². The quantitative estimate of drug-likeness (QED) is 0.725. The average molecular weight is 302 g/mol. The summed E-state index contributed by atoms with van der Waals surface area (Å²) in [6, 6.07) is -0.120. The number of aromatic amines is 1. The molecule has 112 valence electrons. The molecule has 0 unspecified atom stereocenters. The van der Waals surface area contributed by atoms with Gasteiger partial charge in [0, 0.05) is 40.3 Å². The number of urea groups is 1. The Morgan fingerprint density at radius 1 is 1.35 bits per heavy atom. The lowest BCUT2D eigenvalue weighted by Gasteiger charge is -2.35. The molecule has 20 heavy (non-hydrogen) atoms. The molecule has 2 rings (SSSR count). The molecule has 3 N–H and O–H groups in total. The van der Waals surface area contributed by atoms with Crippen molar-refractivity contribution < 1.29 is 13.2 Å². The Kier molecular flexibility index (Phi) is 3.86. The van der Waals surface area contributed by atoms with Gasteiger partial charge in [-0.3, -0.25) is 5.10 Å². The van der Waals surface area contributed by atoms with E-state index in [4.69, 9.17) is 5.73 Å². The molecule has 0 aromatic carbocycles. The Morgan fingerprint density at radius 2 is 1.95 bits per heavy atom. The summed E-state index contributed by atoms with van der Waals surface area (Å²) in [5, 5.41) is 6.03. The van der Waals surface area contributed by atoms with Crippen molar-refractivity contribution >= 4 is 21.9 Å². The standard InChI is InChI=1S/C10H18N6O3S/c1-14(2)10(17)15-3-5-16(6-4-15)20(18,19)8-7-12-13-9(8)11/h7H,3-6H2,1-2H3,(H3,11,12,13). The van der Waals surface area contributed by atoms with Crippen molar-refractivity contribution in [3.63, 3.8) is 0 Å². The number of piperazine rings is 1. The van der Waals surface area contributed by atoms with Crippen LogP contribution in [0.1, 0.15) is 0 Å². The van der Waals surface area contributed by atoms with E-state index in [0.717, 1.165) is 0 Å². The highest BCUT2D eigenvalue weighted by Gasteiger charge is 2.32. The number of carbonyl (C=O) groups is 1. The van der Waals surface area contributed by atoms with Gasteiger partial charge in [0.05, 0.1) is 6.20 Å². The SMILES string of the molecule is CN(C)C(=O)N1CCN(S(=O)(=O)c2cn[nH]c2N)CC1. The summed E-state index contributed by atoms with van der Waals surface area (Å²) in [5.74, 6) is 0.0248. The average Bonchev–Trinajstić information content (AvgIpc) is 2.85. The molecule has 0 aliphatic carbocycles. The van der Waals surface area contributed by atoms with Crippen LogP contribution in [0.3, 0.4) is 0 Å². The van der Waals surface area contributed by atoms with Crippen LogP contribution in [0.15, 0.2) is 11.1 Å². The van der Waals surface area contributed by atoms with Crippen molar-refractivity contribution in [1.82, 2.24) is 24.3 Å². The van der Waals surface area contributed by atoms with Crippen molar-refractivity contribution in [1.29, 1.82) is 0 Å². The van der Waals surface area contributed by atoms with Crippen LogP contribution in [-0.4, -0.2) is 79.0 Å². The summed E-state index contributed by atoms with van der Waals surface area (Å²) >= 11 is 0. The molecule has 10 heteroatoms. The number of amides is 2. The number of nitrogens with two attached hydrogens (primary N) is 1. The van der Waals surface area contributed by atoms with E-state index < -0.39 is 10.0 Å². The van der Waals surface area contributed by atoms with Gasteiger partial charge < -0.3 is 15.5 Å². The number of H-pyrrole nitrogens is 1. The topological polar surface area (TPSA) is 116 Å². The summed E-state index contributed by atoms with van der Waals surface area (Å²) in [5.41, 5.74) is 5.55. The number of rotatable bonds is 2. The zero-order valence-electron chi connectivity index (χ0n) is 11.4. The molecule has 1 aliphatic heterocycles. The van der Waals surface area contributed by atoms with Crippen LogP contribution >= 0.6 is 0 Å². The van der Waals surface area contributed by atoms with Crippen LogP contribution in [0.25, 0.3) is 0 Å². The first-order chi connectivity index (χ1) is 9.34. The van der Waals surface area contributed by atoms with E-state index in [2.05, 4.69) is 10.2 Å². The third-order valence-corrected chi connectivity index (χ3v) is 5.07. The van der Waals surface area contributed by atoms with Crippen molar-refractivity contribution in [2.75, 3.05) is 46.0 Å². The predicted molar refractivity (Wildman–Crippen MR) is 72.4 cm³/mol. The summed E-state index contributed by atoms with van der Waals surface area (Å²) < 4.78 is 26.0. The molecule has 9 nitrogen and oxygen atoms in total. The van der Waals surface area contributed by atoms with E-state index in [-0.39, 0.29) is 29.8 Å². The van der Waals surface area contributed by atoms with Crippen molar-refractivity contribution in [3.05, 3.63) is 6.20 Å². The zero-order chi connectivity index (χ0) is 14.9. The second kappa shape index (κ2) is 5.29. The molecule has 2 heterocycles. The van der Waals surface area contributed by atoms with Crippen LogP contribution < -0.4 is 5.73 Å². The maximum absolute atomic E-state index is 12.4. The number of hydrogen-bond acceptors (Lipinski definition) is 5. The van der Waals surface area contributed by atoms with Gasteiger partial charge in [-0.1, -0.05) is 0 Å². The van der Waals surface area contributed by atoms with Gasteiger partial charge in [0.25, 0.3) is 0 Å². The Morgan fingerprint density at radius 3 is 2.40 bits per heavy atom. The number of aromatic nitrogens is 2. The van der Waals surface area contributed by atoms with Gasteiger partial charge >= 0.3 is 6.03 Å². The van der Waals surface area contributed by atoms with Crippen molar-refractivity contribution in [2.45, 2.75) is 4.90 Å². The number of hydrogen-bond donors (Lipinski definition) is 2. The molecule has 0 radical (unpaired) electrons. The molecule has 1 fully saturated rings. The maximum Gasteiger partial charge on any atom is 0.319 e. The smallest absolute Gasteiger partial charge is 0.319 e. The molecule has 0 atom stereocenters. The van der Waals surface area contributed by atoms with Crippen LogP contribution in [0.4, 0.5) is 10.6 Å². The maximum atomic E-state index is 12.4. The molecule has 2 amide bonds. The molecule has 0 bridgehead atoms. The van der Waals surface area contributed by atoms with Gasteiger partial charge in [-0.15, -0.1) is 0 Å². The molecular formula is C10H18N6O3S. The lowest BCUT2D eigenvalue weighted by atomic mass is 10.4. The minimum atomic E-state index is -3.66. The van der Waals surface area contributed by atoms with Gasteiger partial charge in [0.15, 0.2) is 0 Å². The molecule has 1 saturated heterocycles. The first kappa shape index (κ1) is 14.6. The van der Waals surface area contributed by atoms with Gasteiger partial charge in [-0.05, 0) is 0 Å². The number of nitrogens with zero attached hydrogens (tertiary/aromatic N) is 4. The van der Waals surface area contributed by atoms with Crippen molar-refractivity contribution in [3.8, 4) is 0 Å². The Labute approximate surface area is 117 Å². The minimum Gasteiger partial charge on any atom is -0.383 e. The number of nitrogen functional groups attached to an aromatic ring is 1. The second-order valence-corrected chi connectivity index (χ2v) is 6.62. The Hall–Kier alpha value is -1.81. The molecule has 0 spiro atoms. The zero-order valence-corrected chi connectivity index (χ0v) is 12.2. The molecule has 1 aromatic rings. The highest BCUT2D eigenvalue weighted by Crippen LogP contribution is 2.21. The summed E-state index contributed by atoms with van der Waals surface area (Å²) in [6.45, 7) is 1.20. The predicted octanol–water partition coefficient (Wildman–Crippen LogP) is -1.02. The minimum absolute atomic E-state index is 0.0233. The van der Waals surface area contributed by atoms with Gasteiger partial charge in [-0.25, -0.2) is 13.2 Å². The fourth-order valence-electron chi connectivity index (χ4n) is 2.03. The van der Waals surface area contributed by atoms with Gasteiger partial charge in [-0.2, -0.15) is 9.40 Å². The van der Waals surface area contributed by atoms with Gasteiger partial charge in [0.1, 0.15) is 10.7 Å². The van der Waals surface area contributed by atoms with E-state index in [1.165, 1.54) is 15.4 Å². The second-order valence-electron chi connectivity index (χ2n) is 4.72. The third-order valence-electron chi connectivity index (χ3n) is 3.14. The van der Waals surface area contributed by atoms with Crippen LogP contribution in [0.5, 0.6) is 0 Å².